The average Bonchev–Trinajstić information content (AvgIpc) is 2.45. The molecule has 1 rings (SSSR count). The zero-order chi connectivity index (χ0) is 10.6. The highest BCUT2D eigenvalue weighted by molar-refractivity contribution is 7.99. The molecule has 4 N–H and O–H groups in total. The Labute approximate surface area is 85.5 Å². The van der Waals surface area contributed by atoms with E-state index >= 15 is 0 Å². The van der Waals surface area contributed by atoms with Crippen LogP contribution in [0.1, 0.15) is 6.42 Å². The van der Waals surface area contributed by atoms with Gasteiger partial charge >= 0.3 is 0 Å². The third-order valence-electron chi connectivity index (χ3n) is 1.61. The van der Waals surface area contributed by atoms with Gasteiger partial charge in [-0.3, -0.25) is 9.78 Å². The number of nitrogens with one attached hydrogen (secondary N) is 2. The molecule has 1 amide bonds. The van der Waals surface area contributed by atoms with Gasteiger partial charge < -0.3 is 15.5 Å². The quantitative estimate of drug-likeness (QED) is 0.557. The van der Waals surface area contributed by atoms with Crippen molar-refractivity contribution in [3.8, 4) is 11.8 Å². The molecule has 0 aliphatic heterocycles. The predicted molar refractivity (Wildman–Crippen MR) is 53.5 cm³/mol. The van der Waals surface area contributed by atoms with E-state index in [1.54, 1.807) is 7.05 Å². The van der Waals surface area contributed by atoms with Crippen LogP contribution in [0.5, 0.6) is 11.8 Å². The maximum absolute atomic E-state index is 10.8. The van der Waals surface area contributed by atoms with Crippen LogP contribution in [0, 0.1) is 0 Å². The Kier molecular flexibility index (Phi) is 3.70. The second kappa shape index (κ2) is 4.80. The van der Waals surface area contributed by atoms with E-state index in [1.807, 2.05) is 0 Å². The summed E-state index contributed by atoms with van der Waals surface area (Å²) in [6.45, 7) is 0. The summed E-state index contributed by atoms with van der Waals surface area (Å²) < 4.78 is 0. The summed E-state index contributed by atoms with van der Waals surface area (Å²) in [5.74, 6) is 0.371. The van der Waals surface area contributed by atoms with Crippen molar-refractivity contribution in [2.45, 2.75) is 11.3 Å². The standard InChI is InChI=1S/C8H12N2O3S/c1-9-6(11)2-3-14-5-4-7(12)10-8(5)13/h4,10,12-13H,2-3H2,1H3,(H,9,11). The highest BCUT2D eigenvalue weighted by Gasteiger charge is 2.07. The van der Waals surface area contributed by atoms with Crippen LogP contribution in [0.4, 0.5) is 0 Å². The molecule has 0 radical (unpaired) electrons. The van der Waals surface area contributed by atoms with Gasteiger partial charge in [-0.2, -0.15) is 0 Å². The van der Waals surface area contributed by atoms with E-state index in [-0.39, 0.29) is 17.7 Å². The molecule has 1 aromatic rings. The largest absolute Gasteiger partial charge is 0.494 e. The van der Waals surface area contributed by atoms with Crippen LogP contribution in [0.3, 0.4) is 0 Å². The summed E-state index contributed by atoms with van der Waals surface area (Å²) in [5.41, 5.74) is 0. The lowest BCUT2D eigenvalue weighted by Gasteiger charge is -1.98. The highest BCUT2D eigenvalue weighted by Crippen LogP contribution is 2.31. The number of hydrogen-bond donors (Lipinski definition) is 4. The maximum atomic E-state index is 10.8. The van der Waals surface area contributed by atoms with Crippen molar-refractivity contribution in [1.82, 2.24) is 10.3 Å². The highest BCUT2D eigenvalue weighted by atomic mass is 32.2. The molecular formula is C8H12N2O3S. The van der Waals surface area contributed by atoms with Gasteiger partial charge in [0.25, 0.3) is 0 Å². The van der Waals surface area contributed by atoms with Gasteiger partial charge in [0.15, 0.2) is 5.88 Å². The fraction of sp³-hybridized carbons (Fsp3) is 0.375. The van der Waals surface area contributed by atoms with Crippen molar-refractivity contribution < 1.29 is 15.0 Å². The number of aromatic amines is 1. The van der Waals surface area contributed by atoms with Crippen molar-refractivity contribution in [3.05, 3.63) is 6.07 Å². The van der Waals surface area contributed by atoms with Gasteiger partial charge in [-0.05, 0) is 0 Å². The van der Waals surface area contributed by atoms with Crippen molar-refractivity contribution >= 4 is 17.7 Å². The van der Waals surface area contributed by atoms with Crippen LogP contribution >= 0.6 is 11.8 Å². The Morgan fingerprint density at radius 1 is 1.64 bits per heavy atom. The molecule has 6 heteroatoms. The first kappa shape index (κ1) is 10.8. The number of rotatable bonds is 4. The lowest BCUT2D eigenvalue weighted by Crippen LogP contribution is -2.17. The van der Waals surface area contributed by atoms with Gasteiger partial charge in [0, 0.05) is 25.3 Å². The molecule has 0 saturated heterocycles. The SMILES string of the molecule is CNC(=O)CCSc1cc(O)[nH]c1O. The molecule has 0 aliphatic carbocycles. The molecule has 0 saturated carbocycles. The Morgan fingerprint density at radius 3 is 2.86 bits per heavy atom. The first-order chi connectivity index (χ1) is 6.63. The Morgan fingerprint density at radius 2 is 2.36 bits per heavy atom. The van der Waals surface area contributed by atoms with E-state index in [9.17, 15) is 9.90 Å². The molecule has 0 unspecified atom stereocenters. The molecule has 1 aromatic heterocycles. The van der Waals surface area contributed by atoms with E-state index in [4.69, 9.17) is 5.11 Å². The van der Waals surface area contributed by atoms with Crippen LogP contribution in [-0.4, -0.2) is 33.9 Å². The van der Waals surface area contributed by atoms with Crippen molar-refractivity contribution in [1.29, 1.82) is 0 Å². The van der Waals surface area contributed by atoms with E-state index < -0.39 is 0 Å². The zero-order valence-corrected chi connectivity index (χ0v) is 8.52. The summed E-state index contributed by atoms with van der Waals surface area (Å²) in [4.78, 5) is 13.7. The fourth-order valence-electron chi connectivity index (χ4n) is 0.900. The van der Waals surface area contributed by atoms with Crippen LogP contribution in [-0.2, 0) is 4.79 Å². The number of aromatic hydroxyl groups is 2. The monoisotopic (exact) mass is 216 g/mol. The first-order valence-electron chi connectivity index (χ1n) is 4.08. The Bertz CT molecular complexity index is 324. The van der Waals surface area contributed by atoms with E-state index in [2.05, 4.69) is 10.3 Å². The maximum Gasteiger partial charge on any atom is 0.220 e. The third kappa shape index (κ3) is 2.88. The summed E-state index contributed by atoms with van der Waals surface area (Å²) in [5, 5.41) is 20.7. The van der Waals surface area contributed by atoms with E-state index in [0.29, 0.717) is 17.1 Å². The molecule has 78 valence electrons. The van der Waals surface area contributed by atoms with Crippen LogP contribution < -0.4 is 5.32 Å². The second-order valence-electron chi connectivity index (χ2n) is 2.64. The summed E-state index contributed by atoms with van der Waals surface area (Å²) in [6, 6.07) is 1.42. The summed E-state index contributed by atoms with van der Waals surface area (Å²) >= 11 is 1.31. The zero-order valence-electron chi connectivity index (χ0n) is 7.70. The number of thioether (sulfide) groups is 1. The van der Waals surface area contributed by atoms with Crippen molar-refractivity contribution in [3.63, 3.8) is 0 Å². The second-order valence-corrected chi connectivity index (χ2v) is 3.78. The van der Waals surface area contributed by atoms with Crippen LogP contribution in [0.25, 0.3) is 0 Å². The molecular weight excluding hydrogens is 204 g/mol. The first-order valence-corrected chi connectivity index (χ1v) is 5.06. The van der Waals surface area contributed by atoms with Gasteiger partial charge in [-0.15, -0.1) is 11.8 Å². The smallest absolute Gasteiger partial charge is 0.220 e. The molecule has 0 bridgehead atoms. The minimum Gasteiger partial charge on any atom is -0.494 e. The number of H-pyrrole nitrogens is 1. The lowest BCUT2D eigenvalue weighted by molar-refractivity contribution is -0.120. The Balaban J connectivity index is 2.38. The minimum atomic E-state index is -0.0788. The summed E-state index contributed by atoms with van der Waals surface area (Å²) in [7, 11) is 1.58. The lowest BCUT2D eigenvalue weighted by atomic mass is 10.5. The molecule has 0 aliphatic rings. The molecule has 5 nitrogen and oxygen atoms in total. The molecule has 0 spiro atoms. The normalized spacial score (nSPS) is 10.1. The van der Waals surface area contributed by atoms with Gasteiger partial charge in [0.1, 0.15) is 0 Å². The predicted octanol–water partition coefficient (Wildman–Crippen LogP) is 0.654. The van der Waals surface area contributed by atoms with Gasteiger partial charge in [0.2, 0.25) is 11.8 Å². The van der Waals surface area contributed by atoms with E-state index in [0.717, 1.165) is 0 Å². The minimum absolute atomic E-state index is 0.0447. The fourth-order valence-corrected chi connectivity index (χ4v) is 1.79. The topological polar surface area (TPSA) is 85.4 Å². The number of aromatic nitrogens is 1. The van der Waals surface area contributed by atoms with Gasteiger partial charge in [-0.25, -0.2) is 0 Å². The number of carbonyl (C=O) groups excluding carboxylic acids is 1. The molecule has 1 heterocycles. The Hall–Kier alpha value is -1.30. The molecule has 0 aromatic carbocycles. The number of amides is 1. The summed E-state index contributed by atoms with van der Waals surface area (Å²) in [6.07, 6.45) is 0.381. The van der Waals surface area contributed by atoms with Gasteiger partial charge in [0.05, 0.1) is 4.90 Å². The van der Waals surface area contributed by atoms with Gasteiger partial charge in [-0.1, -0.05) is 0 Å². The average molecular weight is 216 g/mol. The van der Waals surface area contributed by atoms with Crippen LogP contribution in [0.15, 0.2) is 11.0 Å². The molecule has 0 atom stereocenters. The molecule has 0 fully saturated rings. The number of hydrogen-bond acceptors (Lipinski definition) is 4. The number of carbonyl (C=O) groups is 1. The van der Waals surface area contributed by atoms with Crippen LogP contribution in [0.2, 0.25) is 0 Å². The third-order valence-corrected chi connectivity index (χ3v) is 2.64. The van der Waals surface area contributed by atoms with Crippen molar-refractivity contribution in [2.75, 3.05) is 12.8 Å². The van der Waals surface area contributed by atoms with Crippen molar-refractivity contribution in [2.24, 2.45) is 0 Å². The molecule has 14 heavy (non-hydrogen) atoms. The van der Waals surface area contributed by atoms with E-state index in [1.165, 1.54) is 17.8 Å².